The predicted octanol–water partition coefficient (Wildman–Crippen LogP) is 1.36. The minimum atomic E-state index is -0.103. The maximum absolute atomic E-state index is 11.9. The molecule has 0 bridgehead atoms. The highest BCUT2D eigenvalue weighted by molar-refractivity contribution is 5.41. The van der Waals surface area contributed by atoms with Gasteiger partial charge in [0.15, 0.2) is 0 Å². The van der Waals surface area contributed by atoms with Crippen LogP contribution in [-0.2, 0) is 6.54 Å². The maximum atomic E-state index is 11.9. The molecule has 0 aliphatic carbocycles. The van der Waals surface area contributed by atoms with Crippen molar-refractivity contribution in [2.24, 2.45) is 0 Å². The van der Waals surface area contributed by atoms with Gasteiger partial charge in [-0.3, -0.25) is 4.79 Å². The first-order valence-corrected chi connectivity index (χ1v) is 6.79. The number of aryl methyl sites for hydroxylation is 1. The highest BCUT2D eigenvalue weighted by Gasteiger charge is 2.02. The molecule has 112 valence electrons. The summed E-state index contributed by atoms with van der Waals surface area (Å²) in [6.07, 6.45) is 2.39. The molecule has 1 aromatic carbocycles. The van der Waals surface area contributed by atoms with E-state index in [-0.39, 0.29) is 5.56 Å². The Labute approximate surface area is 123 Å². The summed E-state index contributed by atoms with van der Waals surface area (Å²) in [5.74, 6) is 0.771. The molecule has 2 aromatic rings. The van der Waals surface area contributed by atoms with Crippen LogP contribution in [0.3, 0.4) is 0 Å². The lowest BCUT2D eigenvalue weighted by molar-refractivity contribution is 0.297. The van der Waals surface area contributed by atoms with Crippen LogP contribution < -0.4 is 20.9 Å². The van der Waals surface area contributed by atoms with E-state index in [9.17, 15) is 4.79 Å². The zero-order valence-corrected chi connectivity index (χ0v) is 12.3. The van der Waals surface area contributed by atoms with Crippen molar-refractivity contribution in [1.82, 2.24) is 9.78 Å². The molecule has 2 N–H and O–H groups in total. The first-order valence-electron chi connectivity index (χ1n) is 6.79. The van der Waals surface area contributed by atoms with Crippen LogP contribution in [0.1, 0.15) is 6.42 Å². The molecule has 0 saturated carbocycles. The van der Waals surface area contributed by atoms with Crippen molar-refractivity contribution < 1.29 is 4.74 Å². The fraction of sp³-hybridized carbons (Fsp3) is 0.333. The van der Waals surface area contributed by atoms with Gasteiger partial charge in [-0.05, 0) is 24.3 Å². The normalized spacial score (nSPS) is 10.4. The summed E-state index contributed by atoms with van der Waals surface area (Å²) in [6.45, 7) is 1.05. The average Bonchev–Trinajstić information content (AvgIpc) is 2.46. The third-order valence-corrected chi connectivity index (χ3v) is 3.03. The van der Waals surface area contributed by atoms with Gasteiger partial charge in [0.25, 0.3) is 5.56 Å². The number of nitrogens with zero attached hydrogens (tertiary/aromatic N) is 3. The number of hydrogen-bond donors (Lipinski definition) is 1. The Morgan fingerprint density at radius 1 is 1.29 bits per heavy atom. The van der Waals surface area contributed by atoms with Gasteiger partial charge in [-0.1, -0.05) is 0 Å². The topological polar surface area (TPSA) is 73.4 Å². The fourth-order valence-electron chi connectivity index (χ4n) is 1.80. The summed E-state index contributed by atoms with van der Waals surface area (Å²) in [5.41, 5.74) is 7.01. The number of ether oxygens (including phenoxy) is 1. The van der Waals surface area contributed by atoms with Crippen LogP contribution in [0.5, 0.6) is 5.75 Å². The van der Waals surface area contributed by atoms with Crippen LogP contribution in [0.15, 0.2) is 41.3 Å². The second-order valence-electron chi connectivity index (χ2n) is 4.94. The van der Waals surface area contributed by atoms with Gasteiger partial charge < -0.3 is 15.4 Å². The second kappa shape index (κ2) is 6.78. The lowest BCUT2D eigenvalue weighted by Crippen LogP contribution is -2.24. The van der Waals surface area contributed by atoms with Crippen molar-refractivity contribution in [3.05, 3.63) is 46.9 Å². The number of nitrogens with two attached hydrogens (primary N) is 1. The molecule has 6 heteroatoms. The molecule has 6 nitrogen and oxygen atoms in total. The minimum absolute atomic E-state index is 0.103. The summed E-state index contributed by atoms with van der Waals surface area (Å²) >= 11 is 0. The van der Waals surface area contributed by atoms with Gasteiger partial charge in [-0.15, -0.1) is 0 Å². The van der Waals surface area contributed by atoms with E-state index in [1.807, 2.05) is 31.1 Å². The molecule has 0 atom stereocenters. The van der Waals surface area contributed by atoms with Gasteiger partial charge in [-0.2, -0.15) is 5.10 Å². The van der Waals surface area contributed by atoms with Gasteiger partial charge in [-0.25, -0.2) is 4.68 Å². The quantitative estimate of drug-likeness (QED) is 0.642. The van der Waals surface area contributed by atoms with E-state index < -0.39 is 0 Å². The Morgan fingerprint density at radius 3 is 2.62 bits per heavy atom. The Balaban J connectivity index is 1.83. The summed E-state index contributed by atoms with van der Waals surface area (Å²) < 4.78 is 7.02. The average molecular weight is 288 g/mol. The second-order valence-corrected chi connectivity index (χ2v) is 4.94. The monoisotopic (exact) mass is 288 g/mol. The molecular formula is C15H20N4O2. The van der Waals surface area contributed by atoms with Crippen molar-refractivity contribution in [3.8, 4) is 5.75 Å². The van der Waals surface area contributed by atoms with Gasteiger partial charge in [0, 0.05) is 38.8 Å². The molecule has 0 radical (unpaired) electrons. The summed E-state index contributed by atoms with van der Waals surface area (Å²) in [5, 5.41) is 4.15. The van der Waals surface area contributed by atoms with E-state index in [0.717, 1.165) is 11.4 Å². The van der Waals surface area contributed by atoms with Crippen molar-refractivity contribution in [2.75, 3.05) is 31.3 Å². The third kappa shape index (κ3) is 4.24. The summed E-state index contributed by atoms with van der Waals surface area (Å²) in [6, 6.07) is 8.81. The third-order valence-electron chi connectivity index (χ3n) is 3.03. The molecular weight excluding hydrogens is 268 g/mol. The highest BCUT2D eigenvalue weighted by Crippen LogP contribution is 2.13. The van der Waals surface area contributed by atoms with Gasteiger partial charge in [0.1, 0.15) is 5.75 Å². The fourth-order valence-corrected chi connectivity index (χ4v) is 1.80. The first kappa shape index (κ1) is 14.9. The molecule has 1 heterocycles. The number of anilines is 2. The lowest BCUT2D eigenvalue weighted by Gasteiger charge is -2.12. The number of benzene rings is 1. The summed E-state index contributed by atoms with van der Waals surface area (Å²) in [4.78, 5) is 13.7. The van der Waals surface area contributed by atoms with E-state index in [1.165, 1.54) is 4.68 Å². The van der Waals surface area contributed by atoms with Gasteiger partial charge >= 0.3 is 0 Å². The molecule has 0 amide bonds. The van der Waals surface area contributed by atoms with Gasteiger partial charge in [0.05, 0.1) is 18.5 Å². The number of nitrogen functional groups attached to an aromatic ring is 1. The Morgan fingerprint density at radius 2 is 2.00 bits per heavy atom. The Kier molecular flexibility index (Phi) is 4.81. The number of aromatic nitrogens is 2. The number of rotatable bonds is 6. The highest BCUT2D eigenvalue weighted by atomic mass is 16.5. The van der Waals surface area contributed by atoms with E-state index >= 15 is 0 Å². The SMILES string of the molecule is CN(C)c1cnn(CCCOc2ccc(N)cc2)c(=O)c1. The molecule has 0 aliphatic heterocycles. The zero-order valence-electron chi connectivity index (χ0n) is 12.3. The van der Waals surface area contributed by atoms with E-state index in [2.05, 4.69) is 5.10 Å². The van der Waals surface area contributed by atoms with Crippen LogP contribution in [0, 0.1) is 0 Å². The molecule has 0 aliphatic rings. The van der Waals surface area contributed by atoms with E-state index in [1.54, 1.807) is 24.4 Å². The van der Waals surface area contributed by atoms with Crippen LogP contribution in [-0.4, -0.2) is 30.5 Å². The van der Waals surface area contributed by atoms with Gasteiger partial charge in [0.2, 0.25) is 0 Å². The molecule has 2 rings (SSSR count). The molecule has 0 saturated heterocycles. The van der Waals surface area contributed by atoms with Crippen LogP contribution >= 0.6 is 0 Å². The smallest absolute Gasteiger partial charge is 0.268 e. The first-order chi connectivity index (χ1) is 10.1. The summed E-state index contributed by atoms with van der Waals surface area (Å²) in [7, 11) is 3.75. The van der Waals surface area contributed by atoms with Crippen molar-refractivity contribution in [2.45, 2.75) is 13.0 Å². The van der Waals surface area contributed by atoms with Crippen LogP contribution in [0.4, 0.5) is 11.4 Å². The van der Waals surface area contributed by atoms with Crippen LogP contribution in [0.25, 0.3) is 0 Å². The lowest BCUT2D eigenvalue weighted by atomic mass is 10.3. The maximum Gasteiger partial charge on any atom is 0.268 e. The van der Waals surface area contributed by atoms with Crippen molar-refractivity contribution >= 4 is 11.4 Å². The Hall–Kier alpha value is -2.50. The van der Waals surface area contributed by atoms with E-state index in [0.29, 0.717) is 25.3 Å². The molecule has 0 spiro atoms. The van der Waals surface area contributed by atoms with E-state index in [4.69, 9.17) is 10.5 Å². The zero-order chi connectivity index (χ0) is 15.2. The Bertz CT molecular complexity index is 635. The molecule has 1 aromatic heterocycles. The molecule has 21 heavy (non-hydrogen) atoms. The predicted molar refractivity (Wildman–Crippen MR) is 83.8 cm³/mol. The minimum Gasteiger partial charge on any atom is -0.494 e. The van der Waals surface area contributed by atoms with Crippen molar-refractivity contribution in [1.29, 1.82) is 0 Å². The standard InChI is InChI=1S/C15H20N4O2/c1-18(2)13-10-15(20)19(17-11-13)8-3-9-21-14-6-4-12(16)5-7-14/h4-7,10-11H,3,8-9,16H2,1-2H3. The van der Waals surface area contributed by atoms with Crippen molar-refractivity contribution in [3.63, 3.8) is 0 Å². The largest absolute Gasteiger partial charge is 0.494 e. The number of hydrogen-bond acceptors (Lipinski definition) is 5. The molecule has 0 unspecified atom stereocenters. The molecule has 0 fully saturated rings. The van der Waals surface area contributed by atoms with Crippen LogP contribution in [0.2, 0.25) is 0 Å².